The average Bonchev–Trinajstić information content (AvgIpc) is 3.22. The van der Waals surface area contributed by atoms with Crippen LogP contribution in [0.15, 0.2) is 48.7 Å². The number of fused-ring (bicyclic) bond motifs is 1. The molecule has 1 saturated heterocycles. The number of carbonyl (C=O) groups is 1. The lowest BCUT2D eigenvalue weighted by atomic mass is 9.94. The van der Waals surface area contributed by atoms with E-state index in [0.29, 0.717) is 33.1 Å². The minimum atomic E-state index is -0.582. The zero-order chi connectivity index (χ0) is 28.9. The van der Waals surface area contributed by atoms with Crippen LogP contribution in [-0.2, 0) is 10.2 Å². The maximum Gasteiger partial charge on any atom is 0.236 e. The van der Waals surface area contributed by atoms with Gasteiger partial charge in [-0.3, -0.25) is 9.69 Å². The molecule has 218 valence electrons. The third kappa shape index (κ3) is 5.43. The topological polar surface area (TPSA) is 83.9 Å². The lowest BCUT2D eigenvalue weighted by Crippen LogP contribution is -2.37. The van der Waals surface area contributed by atoms with Gasteiger partial charge in [0.2, 0.25) is 12.7 Å². The number of halogens is 1. The van der Waals surface area contributed by atoms with Crippen LogP contribution in [0.25, 0.3) is 0 Å². The highest BCUT2D eigenvalue weighted by Crippen LogP contribution is 2.52. The number of nitrogens with one attached hydrogen (secondary N) is 1. The summed E-state index contributed by atoms with van der Waals surface area (Å²) in [5.41, 5.74) is 1.60. The second-order valence-electron chi connectivity index (χ2n) is 12.6. The molecule has 3 aromatic rings. The molecular formula is C31H38ClN3O4SSi. The minimum absolute atomic E-state index is 0.0604. The summed E-state index contributed by atoms with van der Waals surface area (Å²) >= 11 is 8.19. The van der Waals surface area contributed by atoms with Crippen LogP contribution in [0.5, 0.6) is 11.5 Å². The fraction of sp³-hybridized carbons (Fsp3) is 0.484. The number of rotatable bonds is 9. The number of amides is 1. The van der Waals surface area contributed by atoms with E-state index in [-0.39, 0.29) is 23.8 Å². The second kappa shape index (κ2) is 11.0. The van der Waals surface area contributed by atoms with Crippen molar-refractivity contribution in [2.75, 3.05) is 18.7 Å². The quantitative estimate of drug-likeness (QED) is 0.284. The summed E-state index contributed by atoms with van der Waals surface area (Å²) in [6.07, 6.45) is 3.81. The molecule has 10 heteroatoms. The van der Waals surface area contributed by atoms with E-state index in [4.69, 9.17) is 21.1 Å². The largest absolute Gasteiger partial charge is 0.454 e. The number of aliphatic hydroxyl groups excluding tert-OH is 1. The van der Waals surface area contributed by atoms with Gasteiger partial charge < -0.3 is 19.9 Å². The summed E-state index contributed by atoms with van der Waals surface area (Å²) in [5.74, 6) is 1.91. The zero-order valence-electron chi connectivity index (χ0n) is 24.0. The normalized spacial score (nSPS) is 22.5. The van der Waals surface area contributed by atoms with Gasteiger partial charge in [0.05, 0.1) is 11.5 Å². The zero-order valence-corrected chi connectivity index (χ0v) is 27.0. The number of aromatic nitrogens is 1. The maximum absolute atomic E-state index is 13.6. The van der Waals surface area contributed by atoms with Crippen molar-refractivity contribution in [2.24, 2.45) is 5.92 Å². The number of carbonyl (C=O) groups excluding carboxylic acids is 1. The molecule has 1 saturated carbocycles. The van der Waals surface area contributed by atoms with Gasteiger partial charge >= 0.3 is 0 Å². The van der Waals surface area contributed by atoms with Crippen molar-refractivity contribution in [2.45, 2.75) is 75.2 Å². The molecule has 41 heavy (non-hydrogen) atoms. The predicted molar refractivity (Wildman–Crippen MR) is 166 cm³/mol. The molecule has 3 aliphatic rings. The van der Waals surface area contributed by atoms with E-state index in [9.17, 15) is 9.90 Å². The van der Waals surface area contributed by atoms with E-state index >= 15 is 0 Å². The van der Waals surface area contributed by atoms with Crippen molar-refractivity contribution in [3.8, 4) is 11.5 Å². The standard InChI is InChI=1S/C31H38ClN3O4SSi/c1-18(2)30(3,4)41-25-11-14-35(27(25)36)26(20-7-5-6-8-21(20)32)24-16-33-29(40-24)34-28(37)31(12-13-31)19-9-10-22-23(15-19)39-17-38-22/h5-10,15-16,18,25-27,36H,11-14,17,41H2,1-4H3,(H,33,34,37)/t25?,26-,27?/m1/s1. The molecule has 6 rings (SSSR count). The molecule has 7 nitrogen and oxygen atoms in total. The molecule has 3 atom stereocenters. The predicted octanol–water partition coefficient (Wildman–Crippen LogP) is 6.12. The second-order valence-corrected chi connectivity index (χ2v) is 17.4. The van der Waals surface area contributed by atoms with Gasteiger partial charge in [-0.25, -0.2) is 4.98 Å². The fourth-order valence-corrected chi connectivity index (χ4v) is 10.00. The van der Waals surface area contributed by atoms with Crippen LogP contribution >= 0.6 is 22.9 Å². The summed E-state index contributed by atoms with van der Waals surface area (Å²) in [5, 5.41) is 16.2. The summed E-state index contributed by atoms with van der Waals surface area (Å²) in [7, 11) is -0.571. The summed E-state index contributed by atoms with van der Waals surface area (Å²) in [6.45, 7) is 10.2. The van der Waals surface area contributed by atoms with Crippen LogP contribution < -0.4 is 14.8 Å². The average molecular weight is 612 g/mol. The van der Waals surface area contributed by atoms with E-state index in [1.165, 1.54) is 11.3 Å². The Hall–Kier alpha value is -2.43. The van der Waals surface area contributed by atoms with Gasteiger partial charge in [-0.15, -0.1) is 0 Å². The van der Waals surface area contributed by atoms with Crippen molar-refractivity contribution in [1.29, 1.82) is 0 Å². The Labute approximate surface area is 253 Å². The molecule has 2 aromatic carbocycles. The highest BCUT2D eigenvalue weighted by molar-refractivity contribution is 7.15. The third-order valence-electron chi connectivity index (χ3n) is 9.53. The molecule has 2 fully saturated rings. The molecule has 2 unspecified atom stereocenters. The first kappa shape index (κ1) is 28.7. The van der Waals surface area contributed by atoms with Crippen LogP contribution in [0.4, 0.5) is 5.13 Å². The molecule has 1 aromatic heterocycles. The SMILES string of the molecule is CC(C)C(C)(C)[SiH2]C1CCN([C@@H](c2cnc(NC(=O)C3(c4ccc5c(c4)OCO5)CC3)s2)c2ccccc2Cl)C1O. The van der Waals surface area contributed by atoms with Gasteiger partial charge in [0.15, 0.2) is 16.6 Å². The van der Waals surface area contributed by atoms with Crippen molar-refractivity contribution < 1.29 is 19.4 Å². The number of nitrogens with zero attached hydrogens (tertiary/aromatic N) is 2. The van der Waals surface area contributed by atoms with Crippen LogP contribution in [0.2, 0.25) is 15.6 Å². The van der Waals surface area contributed by atoms with Crippen molar-refractivity contribution in [1.82, 2.24) is 9.88 Å². The number of thiazole rings is 1. The number of likely N-dealkylation sites (tertiary alicyclic amines) is 1. The molecule has 0 bridgehead atoms. The van der Waals surface area contributed by atoms with E-state index in [1.54, 1.807) is 0 Å². The number of hydrogen-bond acceptors (Lipinski definition) is 7. The van der Waals surface area contributed by atoms with Crippen molar-refractivity contribution >= 4 is 43.5 Å². The van der Waals surface area contributed by atoms with E-state index in [0.717, 1.165) is 41.8 Å². The Bertz CT molecular complexity index is 1440. The minimum Gasteiger partial charge on any atom is -0.454 e. The van der Waals surface area contributed by atoms with Crippen LogP contribution in [0.1, 0.15) is 69.0 Å². The van der Waals surface area contributed by atoms with E-state index in [2.05, 4.69) is 42.9 Å². The van der Waals surface area contributed by atoms with Gasteiger partial charge in [-0.2, -0.15) is 0 Å². The lowest BCUT2D eigenvalue weighted by Gasteiger charge is -2.35. The van der Waals surface area contributed by atoms with Crippen molar-refractivity contribution in [3.63, 3.8) is 0 Å². The Morgan fingerprint density at radius 3 is 2.71 bits per heavy atom. The summed E-state index contributed by atoms with van der Waals surface area (Å²) in [4.78, 5) is 21.3. The Balaban J connectivity index is 1.24. The molecule has 0 radical (unpaired) electrons. The van der Waals surface area contributed by atoms with Crippen LogP contribution in [0, 0.1) is 5.92 Å². The van der Waals surface area contributed by atoms with Crippen molar-refractivity contribution in [3.05, 3.63) is 69.7 Å². The number of hydrogen-bond donors (Lipinski definition) is 2. The third-order valence-corrected chi connectivity index (χ3v) is 14.1. The van der Waals surface area contributed by atoms with Gasteiger partial charge in [-0.1, -0.05) is 74.9 Å². The molecule has 0 spiro atoms. The number of ether oxygens (including phenoxy) is 2. The fourth-order valence-electron chi connectivity index (χ4n) is 6.11. The highest BCUT2D eigenvalue weighted by atomic mass is 35.5. The first-order valence-corrected chi connectivity index (χ1v) is 17.2. The smallest absolute Gasteiger partial charge is 0.236 e. The van der Waals surface area contributed by atoms with Gasteiger partial charge in [-0.05, 0) is 65.1 Å². The van der Waals surface area contributed by atoms with E-state index in [1.807, 2.05) is 48.7 Å². The molecule has 2 aliphatic heterocycles. The maximum atomic E-state index is 13.6. The monoisotopic (exact) mass is 611 g/mol. The summed E-state index contributed by atoms with van der Waals surface area (Å²) in [6, 6.07) is 13.3. The molecule has 2 N–H and O–H groups in total. The Morgan fingerprint density at radius 2 is 1.98 bits per heavy atom. The molecule has 1 aliphatic carbocycles. The summed E-state index contributed by atoms with van der Waals surface area (Å²) < 4.78 is 11.0. The molecule has 3 heterocycles. The highest BCUT2D eigenvalue weighted by Gasteiger charge is 2.52. The van der Waals surface area contributed by atoms with Gasteiger partial charge in [0.25, 0.3) is 0 Å². The first-order valence-electron chi connectivity index (χ1n) is 14.4. The van der Waals surface area contributed by atoms with Gasteiger partial charge in [0, 0.05) is 32.2 Å². The number of benzene rings is 2. The van der Waals surface area contributed by atoms with Crippen LogP contribution in [0.3, 0.4) is 0 Å². The van der Waals surface area contributed by atoms with Crippen LogP contribution in [-0.4, -0.2) is 50.0 Å². The van der Waals surface area contributed by atoms with E-state index < -0.39 is 21.2 Å². The number of anilines is 1. The first-order chi connectivity index (χ1) is 19.6. The Kier molecular flexibility index (Phi) is 7.70. The van der Waals surface area contributed by atoms with Gasteiger partial charge in [0.1, 0.15) is 6.23 Å². The number of aliphatic hydroxyl groups is 1. The Morgan fingerprint density at radius 1 is 1.22 bits per heavy atom. The lowest BCUT2D eigenvalue weighted by molar-refractivity contribution is -0.118. The molecule has 1 amide bonds. The molecular weight excluding hydrogens is 574 g/mol.